The van der Waals surface area contributed by atoms with Crippen molar-refractivity contribution < 1.29 is 9.90 Å². The second-order valence-corrected chi connectivity index (χ2v) is 6.54. The molecule has 0 fully saturated rings. The second kappa shape index (κ2) is 6.84. The van der Waals surface area contributed by atoms with Crippen molar-refractivity contribution in [2.45, 2.75) is 39.5 Å². The van der Waals surface area contributed by atoms with E-state index in [1.54, 1.807) is 29.8 Å². The minimum absolute atomic E-state index is 0.179. The molecule has 2 aromatic heterocycles. The van der Waals surface area contributed by atoms with Crippen LogP contribution in [0.15, 0.2) is 30.3 Å². The van der Waals surface area contributed by atoms with E-state index in [2.05, 4.69) is 18.8 Å². The Kier molecular flexibility index (Phi) is 4.77. The third kappa shape index (κ3) is 3.12. The second-order valence-electron chi connectivity index (χ2n) is 6.10. The number of nitrogens with zero attached hydrogens (tertiary/aromatic N) is 3. The van der Waals surface area contributed by atoms with E-state index in [-0.39, 0.29) is 11.5 Å². The molecule has 3 aromatic rings. The Balaban J connectivity index is 2.38. The number of halogens is 1. The number of aryl methyl sites for hydroxylation is 1. The molecule has 0 saturated carbocycles. The molecule has 0 aliphatic rings. The average molecular weight is 358 g/mol. The summed E-state index contributed by atoms with van der Waals surface area (Å²) in [7, 11) is 0. The Bertz CT molecular complexity index is 928. The summed E-state index contributed by atoms with van der Waals surface area (Å²) < 4.78 is 1.72. The zero-order valence-electron chi connectivity index (χ0n) is 14.5. The lowest BCUT2D eigenvalue weighted by atomic mass is 9.95. The van der Waals surface area contributed by atoms with Gasteiger partial charge < -0.3 is 5.11 Å². The van der Waals surface area contributed by atoms with E-state index in [0.29, 0.717) is 21.7 Å². The Morgan fingerprint density at radius 3 is 2.44 bits per heavy atom. The fourth-order valence-electron chi connectivity index (χ4n) is 3.16. The maximum atomic E-state index is 11.8. The van der Waals surface area contributed by atoms with Crippen molar-refractivity contribution in [2.75, 3.05) is 0 Å². The fraction of sp³-hybridized carbons (Fsp3) is 0.316. The number of fused-ring (bicyclic) bond motifs is 1. The van der Waals surface area contributed by atoms with Crippen LogP contribution in [-0.2, 0) is 0 Å². The minimum atomic E-state index is -0.960. The van der Waals surface area contributed by atoms with Crippen LogP contribution >= 0.6 is 11.6 Å². The van der Waals surface area contributed by atoms with E-state index in [0.717, 1.165) is 24.2 Å². The van der Waals surface area contributed by atoms with E-state index in [1.165, 1.54) is 0 Å². The number of hydrogen-bond acceptors (Lipinski definition) is 3. The lowest BCUT2D eigenvalue weighted by Crippen LogP contribution is -2.03. The summed E-state index contributed by atoms with van der Waals surface area (Å²) in [5.74, 6) is -0.781. The Hall–Kier alpha value is -2.40. The van der Waals surface area contributed by atoms with Crippen molar-refractivity contribution in [2.24, 2.45) is 0 Å². The first-order chi connectivity index (χ1) is 12.0. The maximum Gasteiger partial charge on any atom is 0.336 e. The van der Waals surface area contributed by atoms with Crippen LogP contribution in [-0.4, -0.2) is 25.8 Å². The molecular formula is C19H20ClN3O2. The van der Waals surface area contributed by atoms with Crippen LogP contribution in [0.5, 0.6) is 0 Å². The van der Waals surface area contributed by atoms with Crippen LogP contribution in [0.3, 0.4) is 0 Å². The standard InChI is InChI=1S/C19H20ClN3O2/c1-4-12(5-2)17-16-15(19(24)25)10-11(3)21-18(16)23(22-17)14-8-6-13(20)7-9-14/h6-10,12H,4-5H2,1-3H3,(H,24,25). The van der Waals surface area contributed by atoms with Gasteiger partial charge in [-0.25, -0.2) is 14.5 Å². The molecule has 1 N–H and O–H groups in total. The number of benzene rings is 1. The summed E-state index contributed by atoms with van der Waals surface area (Å²) in [6.45, 7) is 5.97. The minimum Gasteiger partial charge on any atom is -0.478 e. The van der Waals surface area contributed by atoms with E-state index in [9.17, 15) is 9.90 Å². The van der Waals surface area contributed by atoms with Gasteiger partial charge in [-0.1, -0.05) is 25.4 Å². The quantitative estimate of drug-likeness (QED) is 0.698. The zero-order chi connectivity index (χ0) is 18.1. The van der Waals surface area contributed by atoms with Crippen molar-refractivity contribution in [3.63, 3.8) is 0 Å². The normalized spacial score (nSPS) is 11.4. The third-order valence-corrected chi connectivity index (χ3v) is 4.72. The summed E-state index contributed by atoms with van der Waals surface area (Å²) in [5.41, 5.74) is 3.07. The van der Waals surface area contributed by atoms with E-state index < -0.39 is 5.97 Å². The van der Waals surface area contributed by atoms with Crippen LogP contribution in [0.1, 0.15) is 54.4 Å². The molecule has 6 heteroatoms. The molecular weight excluding hydrogens is 338 g/mol. The molecule has 25 heavy (non-hydrogen) atoms. The molecule has 130 valence electrons. The van der Waals surface area contributed by atoms with Gasteiger partial charge in [-0.15, -0.1) is 0 Å². The van der Waals surface area contributed by atoms with E-state index in [1.807, 2.05) is 12.1 Å². The van der Waals surface area contributed by atoms with Crippen LogP contribution < -0.4 is 0 Å². The highest BCUT2D eigenvalue weighted by Crippen LogP contribution is 2.33. The molecule has 0 amide bonds. The highest BCUT2D eigenvalue weighted by molar-refractivity contribution is 6.30. The SMILES string of the molecule is CCC(CC)c1nn(-c2ccc(Cl)cc2)c2nc(C)cc(C(=O)O)c12. The van der Waals surface area contributed by atoms with Gasteiger partial charge in [0.15, 0.2) is 5.65 Å². The number of aromatic carboxylic acids is 1. The summed E-state index contributed by atoms with van der Waals surface area (Å²) >= 11 is 5.99. The topological polar surface area (TPSA) is 68.0 Å². The highest BCUT2D eigenvalue weighted by Gasteiger charge is 2.24. The number of pyridine rings is 1. The summed E-state index contributed by atoms with van der Waals surface area (Å²) in [6, 6.07) is 8.90. The average Bonchev–Trinajstić information content (AvgIpc) is 2.95. The number of rotatable bonds is 5. The molecule has 0 spiro atoms. The van der Waals surface area contributed by atoms with Gasteiger partial charge in [0.25, 0.3) is 0 Å². The first-order valence-electron chi connectivity index (χ1n) is 8.35. The first kappa shape index (κ1) is 17.4. The monoisotopic (exact) mass is 357 g/mol. The zero-order valence-corrected chi connectivity index (χ0v) is 15.2. The van der Waals surface area contributed by atoms with Gasteiger partial charge >= 0.3 is 5.97 Å². The van der Waals surface area contributed by atoms with E-state index >= 15 is 0 Å². The molecule has 0 unspecified atom stereocenters. The van der Waals surface area contributed by atoms with Gasteiger partial charge in [-0.2, -0.15) is 5.10 Å². The third-order valence-electron chi connectivity index (χ3n) is 4.47. The number of hydrogen-bond donors (Lipinski definition) is 1. The molecule has 1 aromatic carbocycles. The molecule has 0 bridgehead atoms. The van der Waals surface area contributed by atoms with Gasteiger partial charge in [0.2, 0.25) is 0 Å². The molecule has 0 saturated heterocycles. The molecule has 0 atom stereocenters. The van der Waals surface area contributed by atoms with Crippen molar-refractivity contribution in [3.05, 3.63) is 52.3 Å². The van der Waals surface area contributed by atoms with Gasteiger partial charge in [0.1, 0.15) is 0 Å². The summed E-state index contributed by atoms with van der Waals surface area (Å²) in [6.07, 6.45) is 1.77. The molecule has 2 heterocycles. The smallest absolute Gasteiger partial charge is 0.336 e. The first-order valence-corrected chi connectivity index (χ1v) is 8.73. The maximum absolute atomic E-state index is 11.8. The van der Waals surface area contributed by atoms with Gasteiger partial charge in [0, 0.05) is 16.6 Å². The number of carboxylic acid groups (broad SMARTS) is 1. The summed E-state index contributed by atoms with van der Waals surface area (Å²) in [4.78, 5) is 16.4. The van der Waals surface area contributed by atoms with Gasteiger partial charge in [-0.05, 0) is 50.1 Å². The number of aromatic nitrogens is 3. The highest BCUT2D eigenvalue weighted by atomic mass is 35.5. The lowest BCUT2D eigenvalue weighted by molar-refractivity contribution is 0.0698. The van der Waals surface area contributed by atoms with Crippen molar-refractivity contribution in [1.82, 2.24) is 14.8 Å². The largest absolute Gasteiger partial charge is 0.478 e. The molecule has 0 radical (unpaired) electrons. The Labute approximate surface area is 151 Å². The predicted octanol–water partition coefficient (Wildman–Crippen LogP) is 4.98. The van der Waals surface area contributed by atoms with Crippen molar-refractivity contribution in [3.8, 4) is 5.69 Å². The molecule has 5 nitrogen and oxygen atoms in total. The summed E-state index contributed by atoms with van der Waals surface area (Å²) in [5, 5.41) is 15.7. The fourth-order valence-corrected chi connectivity index (χ4v) is 3.29. The van der Waals surface area contributed by atoms with Crippen LogP contribution in [0.4, 0.5) is 0 Å². The number of carboxylic acids is 1. The van der Waals surface area contributed by atoms with Crippen molar-refractivity contribution in [1.29, 1.82) is 0 Å². The van der Waals surface area contributed by atoms with Crippen molar-refractivity contribution >= 4 is 28.6 Å². The van der Waals surface area contributed by atoms with Gasteiger partial charge in [-0.3, -0.25) is 0 Å². The van der Waals surface area contributed by atoms with Crippen LogP contribution in [0.25, 0.3) is 16.7 Å². The van der Waals surface area contributed by atoms with Crippen LogP contribution in [0, 0.1) is 6.92 Å². The van der Waals surface area contributed by atoms with E-state index in [4.69, 9.17) is 16.7 Å². The molecule has 3 rings (SSSR count). The van der Waals surface area contributed by atoms with Crippen LogP contribution in [0.2, 0.25) is 5.02 Å². The Morgan fingerprint density at radius 2 is 1.88 bits per heavy atom. The predicted molar refractivity (Wildman–Crippen MR) is 98.9 cm³/mol. The lowest BCUT2D eigenvalue weighted by Gasteiger charge is -2.10. The van der Waals surface area contributed by atoms with Gasteiger partial charge in [0.05, 0.1) is 22.3 Å². The molecule has 0 aliphatic carbocycles. The Morgan fingerprint density at radius 1 is 1.24 bits per heavy atom. The number of carbonyl (C=O) groups is 1. The molecule has 0 aliphatic heterocycles.